The number of amides is 1. The molecule has 1 fully saturated rings. The number of nitrogens with zero attached hydrogens (tertiary/aromatic N) is 3. The quantitative estimate of drug-likeness (QED) is 0.490. The number of rotatable bonds is 6. The van der Waals surface area contributed by atoms with Crippen molar-refractivity contribution in [2.24, 2.45) is 0 Å². The fraction of sp³-hybridized carbons (Fsp3) is 0.280. The van der Waals surface area contributed by atoms with Crippen LogP contribution in [0.2, 0.25) is 10.0 Å². The topological polar surface area (TPSA) is 71.7 Å². The van der Waals surface area contributed by atoms with Crippen molar-refractivity contribution in [2.75, 3.05) is 45.6 Å². The van der Waals surface area contributed by atoms with E-state index < -0.39 is 5.82 Å². The first-order valence-corrected chi connectivity index (χ1v) is 11.7. The molecule has 1 amide bonds. The third-order valence-corrected chi connectivity index (χ3v) is 6.63. The molecule has 4 rings (SSSR count). The molecule has 2 N–H and O–H groups in total. The zero-order chi connectivity index (χ0) is 24.2. The van der Waals surface area contributed by atoms with Crippen LogP contribution in [0.3, 0.4) is 0 Å². The molecule has 0 spiro atoms. The van der Waals surface area contributed by atoms with Crippen molar-refractivity contribution in [3.63, 3.8) is 0 Å². The van der Waals surface area contributed by atoms with E-state index in [0.29, 0.717) is 41.4 Å². The Morgan fingerprint density at radius 1 is 1.12 bits per heavy atom. The number of carbonyl (C=O) groups excluding carboxylic acids is 1. The maximum absolute atomic E-state index is 13.7. The highest BCUT2D eigenvalue weighted by molar-refractivity contribution is 6.36. The van der Waals surface area contributed by atoms with Crippen molar-refractivity contribution < 1.29 is 13.9 Å². The molecule has 0 radical (unpaired) electrons. The Bertz CT molecular complexity index is 1200. The minimum absolute atomic E-state index is 0.0127. The summed E-state index contributed by atoms with van der Waals surface area (Å²) in [5.41, 5.74) is 8.69. The van der Waals surface area contributed by atoms with Crippen LogP contribution in [-0.4, -0.2) is 60.5 Å². The average molecular weight is 503 g/mol. The maximum Gasteiger partial charge on any atom is 0.253 e. The number of anilines is 1. The number of nitrogens with two attached hydrogens (primary N) is 1. The Kier molecular flexibility index (Phi) is 7.56. The van der Waals surface area contributed by atoms with Gasteiger partial charge in [0.1, 0.15) is 5.82 Å². The first kappa shape index (κ1) is 24.3. The summed E-state index contributed by atoms with van der Waals surface area (Å²) in [5.74, 6) is 0.0933. The van der Waals surface area contributed by atoms with E-state index in [1.54, 1.807) is 12.3 Å². The van der Waals surface area contributed by atoms with Gasteiger partial charge in [-0.25, -0.2) is 9.37 Å². The molecule has 1 saturated heterocycles. The standard InChI is InChI=1S/C25H25Cl2FN4O2/c1-31-8-10-32(11-9-31)25(33)17-4-2-3-16(13-17)18-14-22(24(29)30-15-18)34-12-7-19-20(26)5-6-21(28)23(19)27/h2-6,13-15H,7-12H2,1H3,(H2,29,30). The highest BCUT2D eigenvalue weighted by atomic mass is 35.5. The van der Waals surface area contributed by atoms with Gasteiger partial charge in [-0.3, -0.25) is 4.79 Å². The van der Waals surface area contributed by atoms with Gasteiger partial charge in [0.05, 0.1) is 11.6 Å². The Morgan fingerprint density at radius 2 is 1.88 bits per heavy atom. The second-order valence-electron chi connectivity index (χ2n) is 8.20. The SMILES string of the molecule is CN1CCN(C(=O)c2cccc(-c3cnc(N)c(OCCc4c(Cl)ccc(F)c4Cl)c3)c2)CC1. The number of benzene rings is 2. The van der Waals surface area contributed by atoms with Crippen molar-refractivity contribution in [3.8, 4) is 16.9 Å². The predicted molar refractivity (Wildman–Crippen MR) is 133 cm³/mol. The van der Waals surface area contributed by atoms with Crippen LogP contribution in [0, 0.1) is 5.82 Å². The minimum Gasteiger partial charge on any atom is -0.489 e. The van der Waals surface area contributed by atoms with E-state index in [9.17, 15) is 9.18 Å². The number of halogens is 3. The van der Waals surface area contributed by atoms with E-state index in [0.717, 1.165) is 24.2 Å². The summed E-state index contributed by atoms with van der Waals surface area (Å²) in [6.45, 7) is 3.32. The zero-order valence-electron chi connectivity index (χ0n) is 18.7. The number of hydrogen-bond donors (Lipinski definition) is 1. The molecule has 1 aliphatic heterocycles. The summed E-state index contributed by atoms with van der Waals surface area (Å²) in [4.78, 5) is 21.3. The Morgan fingerprint density at radius 3 is 2.65 bits per heavy atom. The zero-order valence-corrected chi connectivity index (χ0v) is 20.2. The second kappa shape index (κ2) is 10.6. The molecule has 3 aromatic rings. The van der Waals surface area contributed by atoms with Gasteiger partial charge in [-0.05, 0) is 48.5 Å². The number of piperazine rings is 1. The Labute approximate surface area is 208 Å². The molecule has 34 heavy (non-hydrogen) atoms. The normalized spacial score (nSPS) is 14.3. The fourth-order valence-electron chi connectivity index (χ4n) is 3.81. The molecule has 178 valence electrons. The summed E-state index contributed by atoms with van der Waals surface area (Å²) in [6.07, 6.45) is 1.94. The first-order valence-electron chi connectivity index (χ1n) is 10.9. The lowest BCUT2D eigenvalue weighted by Crippen LogP contribution is -2.47. The summed E-state index contributed by atoms with van der Waals surface area (Å²) in [7, 11) is 2.05. The number of carbonyl (C=O) groups is 1. The van der Waals surface area contributed by atoms with E-state index in [1.807, 2.05) is 29.2 Å². The number of aromatic nitrogens is 1. The maximum atomic E-state index is 13.7. The van der Waals surface area contributed by atoms with E-state index in [4.69, 9.17) is 33.7 Å². The highest BCUT2D eigenvalue weighted by Gasteiger charge is 2.21. The van der Waals surface area contributed by atoms with Crippen LogP contribution in [0.25, 0.3) is 11.1 Å². The summed E-state index contributed by atoms with van der Waals surface area (Å²) in [6, 6.07) is 11.9. The van der Waals surface area contributed by atoms with Gasteiger partial charge in [0.15, 0.2) is 11.6 Å². The van der Waals surface area contributed by atoms with Crippen molar-refractivity contribution >= 4 is 34.9 Å². The third kappa shape index (κ3) is 5.43. The molecule has 2 aromatic carbocycles. The van der Waals surface area contributed by atoms with E-state index >= 15 is 0 Å². The van der Waals surface area contributed by atoms with E-state index in [2.05, 4.69) is 16.9 Å². The molecule has 9 heteroatoms. The number of likely N-dealkylation sites (N-methyl/N-ethyl adjacent to an activating group) is 1. The molecule has 0 aliphatic carbocycles. The number of pyridine rings is 1. The van der Waals surface area contributed by atoms with Gasteiger partial charge < -0.3 is 20.3 Å². The lowest BCUT2D eigenvalue weighted by molar-refractivity contribution is 0.0664. The molecule has 1 aromatic heterocycles. The van der Waals surface area contributed by atoms with Crippen LogP contribution in [0.1, 0.15) is 15.9 Å². The van der Waals surface area contributed by atoms with Crippen LogP contribution < -0.4 is 10.5 Å². The molecule has 1 aliphatic rings. The number of nitrogen functional groups attached to an aromatic ring is 1. The minimum atomic E-state index is -0.532. The van der Waals surface area contributed by atoms with Crippen LogP contribution in [0.15, 0.2) is 48.7 Å². The number of hydrogen-bond acceptors (Lipinski definition) is 5. The van der Waals surface area contributed by atoms with Crippen molar-refractivity contribution in [3.05, 3.63) is 75.7 Å². The van der Waals surface area contributed by atoms with Crippen molar-refractivity contribution in [2.45, 2.75) is 6.42 Å². The summed E-state index contributed by atoms with van der Waals surface area (Å²) >= 11 is 12.2. The molecule has 0 saturated carbocycles. The smallest absolute Gasteiger partial charge is 0.253 e. The molecule has 2 heterocycles. The molecule has 0 unspecified atom stereocenters. The second-order valence-corrected chi connectivity index (χ2v) is 8.99. The molecular weight excluding hydrogens is 478 g/mol. The van der Waals surface area contributed by atoms with Crippen molar-refractivity contribution in [1.82, 2.24) is 14.8 Å². The summed E-state index contributed by atoms with van der Waals surface area (Å²) < 4.78 is 19.6. The van der Waals surface area contributed by atoms with Gasteiger partial charge in [0.25, 0.3) is 5.91 Å². The monoisotopic (exact) mass is 502 g/mol. The van der Waals surface area contributed by atoms with Crippen LogP contribution in [-0.2, 0) is 6.42 Å². The van der Waals surface area contributed by atoms with Gasteiger partial charge in [-0.1, -0.05) is 35.3 Å². The Hall–Kier alpha value is -2.87. The Balaban J connectivity index is 1.48. The van der Waals surface area contributed by atoms with Gasteiger partial charge in [-0.15, -0.1) is 0 Å². The van der Waals surface area contributed by atoms with Crippen LogP contribution in [0.5, 0.6) is 5.75 Å². The van der Waals surface area contributed by atoms with Crippen molar-refractivity contribution in [1.29, 1.82) is 0 Å². The van der Waals surface area contributed by atoms with Crippen LogP contribution in [0.4, 0.5) is 10.2 Å². The fourth-order valence-corrected chi connectivity index (χ4v) is 4.37. The third-order valence-electron chi connectivity index (χ3n) is 5.86. The lowest BCUT2D eigenvalue weighted by atomic mass is 10.0. The highest BCUT2D eigenvalue weighted by Crippen LogP contribution is 2.30. The number of ether oxygens (including phenoxy) is 1. The average Bonchev–Trinajstić information content (AvgIpc) is 2.85. The van der Waals surface area contributed by atoms with Gasteiger partial charge >= 0.3 is 0 Å². The van der Waals surface area contributed by atoms with Gasteiger partial charge in [0.2, 0.25) is 0 Å². The lowest BCUT2D eigenvalue weighted by Gasteiger charge is -2.32. The first-order chi connectivity index (χ1) is 16.3. The molecule has 0 atom stereocenters. The van der Waals surface area contributed by atoms with E-state index in [1.165, 1.54) is 12.1 Å². The molecule has 6 nitrogen and oxygen atoms in total. The predicted octanol–water partition coefficient (Wildman–Crippen LogP) is 4.79. The van der Waals surface area contributed by atoms with Gasteiger partial charge in [0, 0.05) is 54.9 Å². The molecular formula is C25H25Cl2FN4O2. The van der Waals surface area contributed by atoms with E-state index in [-0.39, 0.29) is 23.4 Å². The summed E-state index contributed by atoms with van der Waals surface area (Å²) in [5, 5.41) is 0.356. The van der Waals surface area contributed by atoms with Crippen LogP contribution >= 0.6 is 23.2 Å². The largest absolute Gasteiger partial charge is 0.489 e. The molecule has 0 bridgehead atoms. The van der Waals surface area contributed by atoms with Gasteiger partial charge in [-0.2, -0.15) is 0 Å².